The van der Waals surface area contributed by atoms with Crippen LogP contribution in [0.15, 0.2) is 0 Å². The van der Waals surface area contributed by atoms with Crippen LogP contribution in [0.3, 0.4) is 0 Å². The van der Waals surface area contributed by atoms with Crippen LogP contribution >= 0.6 is 8.53 Å². The van der Waals surface area contributed by atoms with E-state index in [0.29, 0.717) is 0 Å². The lowest BCUT2D eigenvalue weighted by molar-refractivity contribution is 0.890. The quantitative estimate of drug-likeness (QED) is 0.407. The Balaban J connectivity index is 2.32. The zero-order valence-corrected chi connectivity index (χ0v) is 2.87. The van der Waals surface area contributed by atoms with Gasteiger partial charge in [-0.2, -0.15) is 4.20 Å². The molecular formula is H4FN2P. The summed E-state index contributed by atoms with van der Waals surface area (Å²) in [6.45, 7) is 0. The minimum atomic E-state index is -2.12. The number of halogens is 1. The van der Waals surface area contributed by atoms with Crippen molar-refractivity contribution in [3.05, 3.63) is 0 Å². The van der Waals surface area contributed by atoms with Gasteiger partial charge in [0.2, 0.25) is 8.53 Å². The lowest BCUT2D eigenvalue weighted by Gasteiger charge is -1.76. The first-order valence-electron chi connectivity index (χ1n) is 0.685. The van der Waals surface area contributed by atoms with Crippen LogP contribution in [0.25, 0.3) is 0 Å². The summed E-state index contributed by atoms with van der Waals surface area (Å²) < 4.78 is 10.6. The van der Waals surface area contributed by atoms with Crippen molar-refractivity contribution in [2.75, 3.05) is 0 Å². The maximum absolute atomic E-state index is 10.6. The molecule has 4 N–H and O–H groups in total. The average Bonchev–Trinajstić information content (AvgIpc) is 0.811. The summed E-state index contributed by atoms with van der Waals surface area (Å²) in [5, 5.41) is 0. The molecule has 26 valence electrons. The van der Waals surface area contributed by atoms with E-state index >= 15 is 0 Å². The first-order chi connectivity index (χ1) is 1.73. The van der Waals surface area contributed by atoms with Crippen molar-refractivity contribution in [3.8, 4) is 0 Å². The zero-order valence-electron chi connectivity index (χ0n) is 1.98. The molecule has 0 bridgehead atoms. The molecule has 2 nitrogen and oxygen atoms in total. The molecule has 4 heteroatoms. The molecule has 0 unspecified atom stereocenters. The van der Waals surface area contributed by atoms with Crippen LogP contribution in [0.5, 0.6) is 0 Å². The summed E-state index contributed by atoms with van der Waals surface area (Å²) in [6, 6.07) is 0. The molecule has 0 radical (unpaired) electrons. The molecule has 0 saturated heterocycles. The van der Waals surface area contributed by atoms with Crippen LogP contribution in [-0.2, 0) is 0 Å². The lowest BCUT2D eigenvalue weighted by atomic mass is 13.9. The molecule has 4 heavy (non-hydrogen) atoms. The molecule has 0 fully saturated rings. The Bertz CT molecular complexity index is 10.8. The minimum absolute atomic E-state index is 2.12. The fourth-order valence-corrected chi connectivity index (χ4v) is 0. The maximum atomic E-state index is 10.6. The van der Waals surface area contributed by atoms with Gasteiger partial charge in [-0.1, -0.05) is 0 Å². The normalized spacial score (nSPS) is 9.00. The van der Waals surface area contributed by atoms with Crippen LogP contribution < -0.4 is 11.0 Å². The Labute approximate surface area is 25.0 Å². The molecule has 0 aromatic carbocycles. The predicted octanol–water partition coefficient (Wildman–Crippen LogP) is 0.100. The number of hydrogen-bond acceptors (Lipinski definition) is 2. The summed E-state index contributed by atoms with van der Waals surface area (Å²) in [5.74, 6) is 0. The minimum Gasteiger partial charge on any atom is -0.271 e. The first kappa shape index (κ1) is 4.28. The standard InChI is InChI=1S/FH4N2P/c1-4(2)3/h2-3H2. The zero-order chi connectivity index (χ0) is 3.58. The predicted molar refractivity (Wildman–Crippen MR) is 16.4 cm³/mol. The van der Waals surface area contributed by atoms with Crippen molar-refractivity contribution in [3.63, 3.8) is 0 Å². The lowest BCUT2D eigenvalue weighted by Crippen LogP contribution is -1.88. The fraction of sp³-hybridized carbons (Fsp3) is 0. The van der Waals surface area contributed by atoms with Crippen LogP contribution in [-0.4, -0.2) is 0 Å². The third-order valence-corrected chi connectivity index (χ3v) is 0. The Morgan fingerprint density at radius 3 is 1.50 bits per heavy atom. The van der Waals surface area contributed by atoms with Gasteiger partial charge in [-0.15, -0.1) is 0 Å². The van der Waals surface area contributed by atoms with Gasteiger partial charge in [-0.05, 0) is 0 Å². The van der Waals surface area contributed by atoms with Gasteiger partial charge in [0.25, 0.3) is 0 Å². The van der Waals surface area contributed by atoms with Gasteiger partial charge in [0.1, 0.15) is 0 Å². The van der Waals surface area contributed by atoms with Gasteiger partial charge in [-0.3, -0.25) is 11.0 Å². The summed E-state index contributed by atoms with van der Waals surface area (Å²) in [7, 11) is -2.12. The van der Waals surface area contributed by atoms with Crippen LogP contribution in [0.2, 0.25) is 0 Å². The van der Waals surface area contributed by atoms with E-state index in [9.17, 15) is 4.20 Å². The van der Waals surface area contributed by atoms with Gasteiger partial charge in [0.05, 0.1) is 0 Å². The van der Waals surface area contributed by atoms with E-state index in [1.54, 1.807) is 0 Å². The van der Waals surface area contributed by atoms with Gasteiger partial charge >= 0.3 is 0 Å². The van der Waals surface area contributed by atoms with E-state index in [1.165, 1.54) is 0 Å². The van der Waals surface area contributed by atoms with Gasteiger partial charge < -0.3 is 0 Å². The molecule has 0 saturated carbocycles. The van der Waals surface area contributed by atoms with E-state index in [1.807, 2.05) is 0 Å². The molecule has 0 heterocycles. The second-order valence-corrected chi connectivity index (χ2v) is 1.03. The smallest absolute Gasteiger partial charge is 0.225 e. The molecule has 0 aliphatic heterocycles. The van der Waals surface area contributed by atoms with Gasteiger partial charge in [0.15, 0.2) is 0 Å². The van der Waals surface area contributed by atoms with E-state index in [0.717, 1.165) is 0 Å². The van der Waals surface area contributed by atoms with Crippen molar-refractivity contribution in [1.29, 1.82) is 0 Å². The molecule has 0 aliphatic rings. The highest BCUT2D eigenvalue weighted by atomic mass is 31.2. The van der Waals surface area contributed by atoms with Crippen molar-refractivity contribution >= 4 is 8.53 Å². The van der Waals surface area contributed by atoms with Crippen molar-refractivity contribution < 1.29 is 4.20 Å². The van der Waals surface area contributed by atoms with Crippen LogP contribution in [0.1, 0.15) is 0 Å². The molecule has 0 amide bonds. The molecule has 0 aromatic heterocycles. The summed E-state index contributed by atoms with van der Waals surface area (Å²) in [6.07, 6.45) is 0. The van der Waals surface area contributed by atoms with Crippen molar-refractivity contribution in [2.24, 2.45) is 11.0 Å². The molecule has 0 spiro atoms. The first-order valence-corrected chi connectivity index (χ1v) is 2.06. The third-order valence-electron chi connectivity index (χ3n) is 0. The summed E-state index contributed by atoms with van der Waals surface area (Å²) in [5.41, 5.74) is 8.57. The number of nitrogens with two attached hydrogens (primary N) is 2. The van der Waals surface area contributed by atoms with E-state index in [4.69, 9.17) is 0 Å². The number of rotatable bonds is 0. The van der Waals surface area contributed by atoms with Crippen LogP contribution in [0.4, 0.5) is 4.20 Å². The third kappa shape index (κ3) is 47.6. The second kappa shape index (κ2) is 1.58. The molecule has 0 aromatic rings. The maximum Gasteiger partial charge on any atom is 0.225 e. The van der Waals surface area contributed by atoms with Crippen molar-refractivity contribution in [2.45, 2.75) is 0 Å². The monoisotopic (exact) mass is 82.0 g/mol. The van der Waals surface area contributed by atoms with Crippen LogP contribution in [0, 0.1) is 0 Å². The molecule has 0 aliphatic carbocycles. The summed E-state index contributed by atoms with van der Waals surface area (Å²) in [4.78, 5) is 0. The molecular weight excluding hydrogens is 78.0 g/mol. The fourth-order valence-electron chi connectivity index (χ4n) is 0. The highest BCUT2D eigenvalue weighted by Gasteiger charge is 1.74. The molecule has 0 rings (SSSR count). The Morgan fingerprint density at radius 2 is 1.50 bits per heavy atom. The Morgan fingerprint density at radius 1 is 1.50 bits per heavy atom. The SMILES string of the molecule is NP(N)F. The largest absolute Gasteiger partial charge is 0.271 e. The average molecular weight is 82.0 g/mol. The van der Waals surface area contributed by atoms with Gasteiger partial charge in [0, 0.05) is 0 Å². The highest BCUT2D eigenvalue weighted by molar-refractivity contribution is 7.46. The van der Waals surface area contributed by atoms with Crippen molar-refractivity contribution in [1.82, 2.24) is 0 Å². The van der Waals surface area contributed by atoms with E-state index in [-0.39, 0.29) is 0 Å². The Kier molecular flexibility index (Phi) is 1.70. The van der Waals surface area contributed by atoms with E-state index < -0.39 is 8.53 Å². The number of hydrogen-bond donors (Lipinski definition) is 2. The highest BCUT2D eigenvalue weighted by Crippen LogP contribution is 2.10. The van der Waals surface area contributed by atoms with E-state index in [2.05, 4.69) is 11.0 Å². The molecule has 0 atom stereocenters. The van der Waals surface area contributed by atoms with Gasteiger partial charge in [-0.25, -0.2) is 0 Å². The Hall–Kier alpha value is 0.280. The topological polar surface area (TPSA) is 52.0 Å². The second-order valence-electron chi connectivity index (χ2n) is 0.344. The summed E-state index contributed by atoms with van der Waals surface area (Å²) >= 11 is 0.